The van der Waals surface area contributed by atoms with Crippen molar-refractivity contribution < 1.29 is 51.3 Å². The molecule has 0 aliphatic carbocycles. The lowest BCUT2D eigenvalue weighted by atomic mass is 10.4. The summed E-state index contributed by atoms with van der Waals surface area (Å²) in [5.41, 5.74) is -3.55. The summed E-state index contributed by atoms with van der Waals surface area (Å²) in [5, 5.41) is 0. The number of halogens is 3. The maximum atomic E-state index is 13.0. The van der Waals surface area contributed by atoms with E-state index in [0.29, 0.717) is 0 Å². The number of nitrogens with zero attached hydrogens (tertiary/aromatic N) is 1. The average Bonchev–Trinajstić information content (AvgIpc) is 2.51. The molecule has 2 N–H and O–H groups in total. The zero-order valence-electron chi connectivity index (χ0n) is 13.8. The Hall–Kier alpha value is -1.72. The summed E-state index contributed by atoms with van der Waals surface area (Å²) < 4.78 is 64.7. The predicted molar refractivity (Wildman–Crippen MR) is 81.5 cm³/mol. The molecule has 0 atom stereocenters. The van der Waals surface area contributed by atoms with Crippen LogP contribution >= 0.6 is 7.60 Å². The van der Waals surface area contributed by atoms with Crippen LogP contribution in [0.3, 0.4) is 0 Å². The van der Waals surface area contributed by atoms with E-state index in [1.54, 1.807) is 0 Å². The monoisotopic (exact) mass is 405 g/mol. The molecule has 9 nitrogen and oxygen atoms in total. The highest BCUT2D eigenvalue weighted by Gasteiger charge is 2.62. The smallest absolute Gasteiger partial charge is 0.465 e. The molecule has 0 rings (SSSR count). The van der Waals surface area contributed by atoms with Crippen LogP contribution in [0.15, 0.2) is 25.3 Å². The second kappa shape index (κ2) is 9.83. The highest BCUT2D eigenvalue weighted by molar-refractivity contribution is 7.53. The third-order valence-electron chi connectivity index (χ3n) is 2.57. The van der Waals surface area contributed by atoms with Crippen LogP contribution in [0.2, 0.25) is 0 Å². The van der Waals surface area contributed by atoms with E-state index in [4.69, 9.17) is 9.47 Å². The van der Waals surface area contributed by atoms with Crippen molar-refractivity contribution in [2.45, 2.75) is 18.8 Å². The molecule has 0 heterocycles. The van der Waals surface area contributed by atoms with Crippen LogP contribution in [0, 0.1) is 0 Å². The Morgan fingerprint density at radius 3 is 1.92 bits per heavy atom. The quantitative estimate of drug-likeness (QED) is 0.227. The first-order valence-electron chi connectivity index (χ1n) is 6.97. The number of amides is 1. The minimum Gasteiger partial charge on any atom is -0.465 e. The standard InChI is InChI=1S/C13H19F3NO8P/c1-4-7-24-13(25-8-5-2,26(20,21)22)17(9-10(18)23-6-3)11(19)12(14,15)16/h4-5H,1-2,6-9H2,3H3,(H2,20,21,22). The Bertz CT molecular complexity index is 562. The molecule has 0 aliphatic heterocycles. The Morgan fingerprint density at radius 1 is 1.15 bits per heavy atom. The molecule has 1 amide bonds. The van der Waals surface area contributed by atoms with E-state index in [-0.39, 0.29) is 6.61 Å². The Balaban J connectivity index is 6.37. The number of alkyl halides is 3. The first kappa shape index (κ1) is 24.3. The van der Waals surface area contributed by atoms with E-state index >= 15 is 0 Å². The molecule has 0 bridgehead atoms. The number of rotatable bonds is 11. The normalized spacial score (nSPS) is 12.4. The summed E-state index contributed by atoms with van der Waals surface area (Å²) in [4.78, 5) is 42.0. The molecule has 0 fully saturated rings. The Morgan fingerprint density at radius 2 is 1.62 bits per heavy atom. The fraction of sp³-hybridized carbons (Fsp3) is 0.538. The lowest BCUT2D eigenvalue weighted by Gasteiger charge is -2.41. The molecular formula is C13H19F3NO8P. The van der Waals surface area contributed by atoms with Crippen LogP contribution in [0.5, 0.6) is 0 Å². The topological polar surface area (TPSA) is 123 Å². The molecule has 0 unspecified atom stereocenters. The van der Waals surface area contributed by atoms with Crippen molar-refractivity contribution in [1.29, 1.82) is 0 Å². The van der Waals surface area contributed by atoms with Gasteiger partial charge >= 0.3 is 31.3 Å². The zero-order valence-corrected chi connectivity index (χ0v) is 14.7. The molecule has 0 saturated carbocycles. The summed E-state index contributed by atoms with van der Waals surface area (Å²) in [6, 6.07) is 0. The number of ether oxygens (including phenoxy) is 3. The maximum absolute atomic E-state index is 13.0. The van der Waals surface area contributed by atoms with E-state index < -0.39 is 56.0 Å². The van der Waals surface area contributed by atoms with E-state index in [1.165, 1.54) is 6.92 Å². The molecular weight excluding hydrogens is 386 g/mol. The number of hydrogen-bond donors (Lipinski definition) is 2. The highest BCUT2D eigenvalue weighted by Crippen LogP contribution is 2.54. The van der Waals surface area contributed by atoms with Crippen molar-refractivity contribution in [1.82, 2.24) is 4.90 Å². The van der Waals surface area contributed by atoms with Crippen molar-refractivity contribution in [3.05, 3.63) is 25.3 Å². The van der Waals surface area contributed by atoms with E-state index in [1.807, 2.05) is 0 Å². The third kappa shape index (κ3) is 6.22. The van der Waals surface area contributed by atoms with E-state index in [9.17, 15) is 37.1 Å². The molecule has 13 heteroatoms. The number of carbonyl (C=O) groups is 2. The van der Waals surface area contributed by atoms with Gasteiger partial charge in [-0.25, -0.2) is 0 Å². The molecule has 0 aliphatic rings. The van der Waals surface area contributed by atoms with Crippen LogP contribution < -0.4 is 0 Å². The van der Waals surface area contributed by atoms with Gasteiger partial charge in [0.05, 0.1) is 19.8 Å². The SMILES string of the molecule is C=CCOC(OCC=C)(N(CC(=O)OCC)C(=O)C(F)(F)F)P(=O)(O)O. The fourth-order valence-electron chi connectivity index (χ4n) is 1.65. The molecule has 0 spiro atoms. The number of hydrogen-bond acceptors (Lipinski definition) is 6. The predicted octanol–water partition coefficient (Wildman–Crippen LogP) is 1.13. The van der Waals surface area contributed by atoms with Crippen LogP contribution in [-0.2, 0) is 28.4 Å². The molecule has 0 saturated heterocycles. The van der Waals surface area contributed by atoms with Crippen molar-refractivity contribution in [2.24, 2.45) is 0 Å². The molecule has 0 aromatic rings. The van der Waals surface area contributed by atoms with E-state index in [2.05, 4.69) is 17.9 Å². The van der Waals surface area contributed by atoms with Gasteiger partial charge in [0.1, 0.15) is 6.54 Å². The first-order chi connectivity index (χ1) is 11.9. The van der Waals surface area contributed by atoms with Gasteiger partial charge < -0.3 is 24.0 Å². The van der Waals surface area contributed by atoms with Crippen molar-refractivity contribution in [2.75, 3.05) is 26.4 Å². The fourth-order valence-corrected chi connectivity index (χ4v) is 2.61. The highest BCUT2D eigenvalue weighted by atomic mass is 31.2. The Kier molecular flexibility index (Phi) is 9.18. The molecule has 0 aromatic heterocycles. The van der Waals surface area contributed by atoms with Gasteiger partial charge in [0.2, 0.25) is 0 Å². The largest absolute Gasteiger partial charge is 0.471 e. The van der Waals surface area contributed by atoms with Gasteiger partial charge in [-0.15, -0.1) is 13.2 Å². The minimum absolute atomic E-state index is 0.253. The minimum atomic E-state index is -5.76. The number of carbonyl (C=O) groups excluding carboxylic acids is 2. The Labute approximate surface area is 147 Å². The summed E-state index contributed by atoms with van der Waals surface area (Å²) in [6.07, 6.45) is -3.70. The van der Waals surface area contributed by atoms with Crippen LogP contribution in [0.1, 0.15) is 6.92 Å². The molecule has 26 heavy (non-hydrogen) atoms. The van der Waals surface area contributed by atoms with Gasteiger partial charge in [0, 0.05) is 0 Å². The second-order valence-corrected chi connectivity index (χ2v) is 6.14. The molecule has 150 valence electrons. The van der Waals surface area contributed by atoms with Crippen LogP contribution in [-0.4, -0.2) is 64.8 Å². The molecule has 0 radical (unpaired) electrons. The van der Waals surface area contributed by atoms with E-state index in [0.717, 1.165) is 12.2 Å². The van der Waals surface area contributed by atoms with Gasteiger partial charge in [-0.1, -0.05) is 12.2 Å². The number of esters is 1. The van der Waals surface area contributed by atoms with Gasteiger partial charge in [0.15, 0.2) is 0 Å². The van der Waals surface area contributed by atoms with Gasteiger partial charge in [-0.05, 0) is 6.92 Å². The van der Waals surface area contributed by atoms with Gasteiger partial charge in [-0.3, -0.25) is 19.1 Å². The van der Waals surface area contributed by atoms with Crippen LogP contribution in [0.25, 0.3) is 0 Å². The maximum Gasteiger partial charge on any atom is 0.471 e. The lowest BCUT2D eigenvalue weighted by molar-refractivity contribution is -0.271. The van der Waals surface area contributed by atoms with Gasteiger partial charge in [-0.2, -0.15) is 13.2 Å². The van der Waals surface area contributed by atoms with Crippen molar-refractivity contribution in [3.63, 3.8) is 0 Å². The second-order valence-electron chi connectivity index (χ2n) is 4.49. The summed E-state index contributed by atoms with van der Waals surface area (Å²) >= 11 is 0. The third-order valence-corrected chi connectivity index (χ3v) is 3.80. The summed E-state index contributed by atoms with van der Waals surface area (Å²) in [6.45, 7) is 4.56. The average molecular weight is 405 g/mol. The molecule has 0 aromatic carbocycles. The van der Waals surface area contributed by atoms with Crippen LogP contribution in [0.4, 0.5) is 13.2 Å². The van der Waals surface area contributed by atoms with Crippen molar-refractivity contribution >= 4 is 19.5 Å². The summed E-state index contributed by atoms with van der Waals surface area (Å²) in [7, 11) is -5.76. The first-order valence-corrected chi connectivity index (χ1v) is 8.58. The summed E-state index contributed by atoms with van der Waals surface area (Å²) in [5.74, 6) is -4.14. The van der Waals surface area contributed by atoms with Crippen molar-refractivity contribution in [3.8, 4) is 0 Å². The lowest BCUT2D eigenvalue weighted by Crippen LogP contribution is -2.60. The zero-order chi connectivity index (χ0) is 20.6. The van der Waals surface area contributed by atoms with Gasteiger partial charge in [0.25, 0.3) is 0 Å².